The van der Waals surface area contributed by atoms with Gasteiger partial charge in [0.15, 0.2) is 9.84 Å². The van der Waals surface area contributed by atoms with Crippen LogP contribution in [-0.4, -0.2) is 55.4 Å². The van der Waals surface area contributed by atoms with Crippen LogP contribution in [0.2, 0.25) is 0 Å². The number of nitrogens with one attached hydrogen (secondary N) is 1. The standard InChI is InChI=1S/C21H20N2O7S2/c1-3-30-21(27)16-14-8-9-32(28,29)10-15(14)31-18(16)22-17(24)11(2)23-19(25)12-6-4-5-7-13(12)20(23)26/h4-7,11H,3,8-10H2,1-2H3,(H,22,24). The zero-order valence-electron chi connectivity index (χ0n) is 17.3. The van der Waals surface area contributed by atoms with E-state index >= 15 is 0 Å². The minimum Gasteiger partial charge on any atom is -0.462 e. The first kappa shape index (κ1) is 22.2. The summed E-state index contributed by atoms with van der Waals surface area (Å²) in [6.07, 6.45) is 0.145. The van der Waals surface area contributed by atoms with Crippen molar-refractivity contribution in [3.63, 3.8) is 0 Å². The third-order valence-electron chi connectivity index (χ3n) is 5.41. The van der Waals surface area contributed by atoms with Crippen LogP contribution < -0.4 is 5.32 Å². The second-order valence-electron chi connectivity index (χ2n) is 7.46. The van der Waals surface area contributed by atoms with Gasteiger partial charge in [-0.15, -0.1) is 11.3 Å². The van der Waals surface area contributed by atoms with E-state index in [4.69, 9.17) is 4.74 Å². The Hall–Kier alpha value is -3.05. The molecule has 0 fully saturated rings. The number of benzene rings is 1. The van der Waals surface area contributed by atoms with Crippen molar-refractivity contribution in [1.82, 2.24) is 4.90 Å². The zero-order chi connectivity index (χ0) is 23.2. The van der Waals surface area contributed by atoms with Gasteiger partial charge >= 0.3 is 5.97 Å². The van der Waals surface area contributed by atoms with Crippen LogP contribution in [0.15, 0.2) is 24.3 Å². The van der Waals surface area contributed by atoms with Crippen LogP contribution in [-0.2, 0) is 31.5 Å². The lowest BCUT2D eigenvalue weighted by Crippen LogP contribution is -2.45. The van der Waals surface area contributed by atoms with E-state index in [0.29, 0.717) is 10.4 Å². The number of sulfone groups is 1. The highest BCUT2D eigenvalue weighted by Gasteiger charge is 2.41. The van der Waals surface area contributed by atoms with E-state index in [1.54, 1.807) is 19.1 Å². The Morgan fingerprint density at radius 2 is 1.81 bits per heavy atom. The SMILES string of the molecule is CCOC(=O)c1c(NC(=O)C(C)N2C(=O)c3ccccc3C2=O)sc2c1CCS(=O)(=O)C2. The fourth-order valence-corrected chi connectivity index (χ4v) is 6.86. The van der Waals surface area contributed by atoms with Gasteiger partial charge in [-0.3, -0.25) is 19.3 Å². The second-order valence-corrected chi connectivity index (χ2v) is 10.8. The molecule has 2 aromatic rings. The van der Waals surface area contributed by atoms with E-state index in [0.717, 1.165) is 16.2 Å². The molecule has 0 spiro atoms. The van der Waals surface area contributed by atoms with E-state index in [-0.39, 0.29) is 46.2 Å². The quantitative estimate of drug-likeness (QED) is 0.517. The Labute approximate surface area is 188 Å². The molecule has 0 saturated carbocycles. The number of hydrogen-bond acceptors (Lipinski definition) is 8. The Kier molecular flexibility index (Phi) is 5.63. The lowest BCUT2D eigenvalue weighted by Gasteiger charge is -2.21. The summed E-state index contributed by atoms with van der Waals surface area (Å²) in [5, 5.41) is 2.77. The highest BCUT2D eigenvalue weighted by molar-refractivity contribution is 7.90. The number of nitrogens with zero attached hydrogens (tertiary/aromatic N) is 1. The normalized spacial score (nSPS) is 17.5. The van der Waals surface area contributed by atoms with E-state index in [9.17, 15) is 27.6 Å². The summed E-state index contributed by atoms with van der Waals surface area (Å²) in [6.45, 7) is 3.17. The van der Waals surface area contributed by atoms with Crippen molar-refractivity contribution < 1.29 is 32.3 Å². The van der Waals surface area contributed by atoms with Crippen molar-refractivity contribution in [2.24, 2.45) is 0 Å². The lowest BCUT2D eigenvalue weighted by molar-refractivity contribution is -0.119. The monoisotopic (exact) mass is 476 g/mol. The molecular formula is C21H20N2O7S2. The molecule has 1 unspecified atom stereocenters. The van der Waals surface area contributed by atoms with Gasteiger partial charge in [-0.1, -0.05) is 12.1 Å². The van der Waals surface area contributed by atoms with E-state index in [2.05, 4.69) is 5.32 Å². The highest BCUT2D eigenvalue weighted by atomic mass is 32.2. The Balaban J connectivity index is 1.63. The predicted molar refractivity (Wildman–Crippen MR) is 117 cm³/mol. The molecule has 32 heavy (non-hydrogen) atoms. The minimum absolute atomic E-state index is 0.0953. The molecule has 9 nitrogen and oxygen atoms in total. The molecule has 168 valence electrons. The Morgan fingerprint density at radius 3 is 2.41 bits per heavy atom. The number of rotatable bonds is 5. The maximum absolute atomic E-state index is 13.0. The molecule has 3 heterocycles. The van der Waals surface area contributed by atoms with Crippen LogP contribution in [0.4, 0.5) is 5.00 Å². The van der Waals surface area contributed by atoms with Crippen LogP contribution in [0.1, 0.15) is 55.4 Å². The molecule has 0 radical (unpaired) electrons. The van der Waals surface area contributed by atoms with E-state index in [1.807, 2.05) is 0 Å². The third-order valence-corrected chi connectivity index (χ3v) is 8.30. The van der Waals surface area contributed by atoms with Gasteiger partial charge in [0.25, 0.3) is 11.8 Å². The first-order valence-electron chi connectivity index (χ1n) is 9.94. The summed E-state index contributed by atoms with van der Waals surface area (Å²) in [5.74, 6) is -2.80. The van der Waals surface area contributed by atoms with Gasteiger partial charge in [0.05, 0.1) is 34.8 Å². The van der Waals surface area contributed by atoms with Gasteiger partial charge < -0.3 is 10.1 Å². The molecule has 1 atom stereocenters. The maximum Gasteiger partial charge on any atom is 0.341 e. The summed E-state index contributed by atoms with van der Waals surface area (Å²) in [6, 6.07) is 5.15. The van der Waals surface area contributed by atoms with Crippen LogP contribution in [0.3, 0.4) is 0 Å². The van der Waals surface area contributed by atoms with Gasteiger partial charge in [0, 0.05) is 4.88 Å². The second kappa shape index (κ2) is 8.14. The smallest absolute Gasteiger partial charge is 0.341 e. The third kappa shape index (κ3) is 3.71. The minimum atomic E-state index is -3.29. The first-order valence-corrected chi connectivity index (χ1v) is 12.6. The molecule has 2 aliphatic heterocycles. The number of esters is 1. The molecule has 1 aromatic carbocycles. The number of fused-ring (bicyclic) bond motifs is 2. The van der Waals surface area contributed by atoms with Crippen molar-refractivity contribution in [3.05, 3.63) is 51.4 Å². The van der Waals surface area contributed by atoms with Crippen molar-refractivity contribution in [2.45, 2.75) is 32.1 Å². The molecule has 0 bridgehead atoms. The average Bonchev–Trinajstić information content (AvgIpc) is 3.21. The zero-order valence-corrected chi connectivity index (χ0v) is 19.0. The maximum atomic E-state index is 13.0. The van der Waals surface area contributed by atoms with Crippen LogP contribution >= 0.6 is 11.3 Å². The van der Waals surface area contributed by atoms with E-state index in [1.165, 1.54) is 19.1 Å². The molecule has 4 rings (SSSR count). The molecule has 1 aromatic heterocycles. The number of thiophene rings is 1. The van der Waals surface area contributed by atoms with Gasteiger partial charge in [0.2, 0.25) is 5.91 Å². The number of imide groups is 1. The number of ether oxygens (including phenoxy) is 1. The molecule has 1 N–H and O–H groups in total. The predicted octanol–water partition coefficient (Wildman–Crippen LogP) is 2.02. The first-order chi connectivity index (χ1) is 15.1. The molecular weight excluding hydrogens is 456 g/mol. The fraction of sp³-hybridized carbons (Fsp3) is 0.333. The largest absolute Gasteiger partial charge is 0.462 e. The molecule has 11 heteroatoms. The fourth-order valence-electron chi connectivity index (χ4n) is 3.82. The summed E-state index contributed by atoms with van der Waals surface area (Å²) < 4.78 is 29.2. The summed E-state index contributed by atoms with van der Waals surface area (Å²) in [7, 11) is -3.29. The van der Waals surface area contributed by atoms with Crippen molar-refractivity contribution in [1.29, 1.82) is 0 Å². The van der Waals surface area contributed by atoms with Crippen LogP contribution in [0.25, 0.3) is 0 Å². The molecule has 0 aliphatic carbocycles. The number of carbonyl (C=O) groups excluding carboxylic acids is 4. The topological polar surface area (TPSA) is 127 Å². The van der Waals surface area contributed by atoms with Gasteiger partial charge in [-0.05, 0) is 38.0 Å². The van der Waals surface area contributed by atoms with Crippen LogP contribution in [0, 0.1) is 0 Å². The lowest BCUT2D eigenvalue weighted by atomic mass is 10.1. The van der Waals surface area contributed by atoms with Crippen molar-refractivity contribution in [2.75, 3.05) is 17.7 Å². The number of carbonyl (C=O) groups is 4. The van der Waals surface area contributed by atoms with Gasteiger partial charge in [0.1, 0.15) is 11.0 Å². The Morgan fingerprint density at radius 1 is 1.19 bits per heavy atom. The van der Waals surface area contributed by atoms with Crippen molar-refractivity contribution in [3.8, 4) is 0 Å². The van der Waals surface area contributed by atoms with Gasteiger partial charge in [-0.2, -0.15) is 0 Å². The van der Waals surface area contributed by atoms with Crippen LogP contribution in [0.5, 0.6) is 0 Å². The molecule has 3 amide bonds. The van der Waals surface area contributed by atoms with Gasteiger partial charge in [-0.25, -0.2) is 13.2 Å². The number of anilines is 1. The van der Waals surface area contributed by atoms with Crippen molar-refractivity contribution >= 4 is 49.9 Å². The molecule has 0 saturated heterocycles. The van der Waals surface area contributed by atoms with E-state index < -0.39 is 39.6 Å². The highest BCUT2D eigenvalue weighted by Crippen LogP contribution is 2.38. The Bertz CT molecular complexity index is 1230. The summed E-state index contributed by atoms with van der Waals surface area (Å²) >= 11 is 0.995. The number of amides is 3. The number of hydrogen-bond donors (Lipinski definition) is 1. The summed E-state index contributed by atoms with van der Waals surface area (Å²) in [5.41, 5.74) is 1.12. The molecule has 2 aliphatic rings. The average molecular weight is 477 g/mol. The summed E-state index contributed by atoms with van der Waals surface area (Å²) in [4.78, 5) is 52.3.